The molecule has 2 fully saturated rings. The molecule has 1 aromatic heterocycles. The Morgan fingerprint density at radius 1 is 1.04 bits per heavy atom. The van der Waals surface area contributed by atoms with E-state index in [0.717, 1.165) is 28.7 Å². The fourth-order valence-corrected chi connectivity index (χ4v) is 7.04. The Labute approximate surface area is 292 Å². The summed E-state index contributed by atoms with van der Waals surface area (Å²) in [6, 6.07) is 16.7. The van der Waals surface area contributed by atoms with E-state index >= 15 is 0 Å². The summed E-state index contributed by atoms with van der Waals surface area (Å²) < 4.78 is 0. The number of nitrogens with one attached hydrogen (secondary N) is 1. The minimum absolute atomic E-state index is 0.00217. The average Bonchev–Trinajstić information content (AvgIpc) is 3.68. The SMILES string of the molecule is C=C(C)c1cc(C(=N)c2nc(N3CC[C@]4(CCN(CC(=O)N5CC=C(c6ccc(C(N)=NC=NC)cc6)CC5)C4)C3=O)ccc2N)ccc1N. The third-order valence-electron chi connectivity index (χ3n) is 9.96. The molecule has 12 nitrogen and oxygen atoms in total. The fraction of sp³-hybridized carbons (Fsp3) is 0.316. The van der Waals surface area contributed by atoms with Crippen molar-refractivity contribution in [2.75, 3.05) is 62.7 Å². The maximum absolute atomic E-state index is 14.0. The lowest BCUT2D eigenvalue weighted by Gasteiger charge is -2.29. The number of amides is 2. The molecule has 1 atom stereocenters. The van der Waals surface area contributed by atoms with Crippen LogP contribution in [-0.4, -0.2) is 90.8 Å². The molecule has 2 saturated heterocycles. The van der Waals surface area contributed by atoms with E-state index in [4.69, 9.17) is 27.6 Å². The lowest BCUT2D eigenvalue weighted by atomic mass is 9.85. The highest BCUT2D eigenvalue weighted by atomic mass is 16.2. The predicted molar refractivity (Wildman–Crippen MR) is 201 cm³/mol. The van der Waals surface area contributed by atoms with Crippen LogP contribution in [0.3, 0.4) is 0 Å². The number of nitrogen functional groups attached to an aromatic ring is 2. The molecule has 6 rings (SSSR count). The third-order valence-corrected chi connectivity index (χ3v) is 9.96. The van der Waals surface area contributed by atoms with Gasteiger partial charge in [-0.3, -0.25) is 29.8 Å². The zero-order valence-corrected chi connectivity index (χ0v) is 28.7. The van der Waals surface area contributed by atoms with Crippen LogP contribution in [0.2, 0.25) is 0 Å². The van der Waals surface area contributed by atoms with Crippen LogP contribution in [0.25, 0.3) is 11.1 Å². The molecular weight excluding hydrogens is 628 g/mol. The Bertz CT molecular complexity index is 1950. The Morgan fingerprint density at radius 3 is 2.46 bits per heavy atom. The number of likely N-dealkylation sites (tertiary alicyclic amines) is 1. The van der Waals surface area contributed by atoms with Crippen LogP contribution >= 0.6 is 0 Å². The second-order valence-electron chi connectivity index (χ2n) is 13.3. The van der Waals surface area contributed by atoms with Gasteiger partial charge in [0.2, 0.25) is 11.8 Å². The summed E-state index contributed by atoms with van der Waals surface area (Å²) in [4.78, 5) is 45.7. The van der Waals surface area contributed by atoms with Crippen molar-refractivity contribution in [3.05, 3.63) is 95.2 Å². The number of nitrogens with two attached hydrogens (primary N) is 3. The summed E-state index contributed by atoms with van der Waals surface area (Å²) >= 11 is 0. The first-order chi connectivity index (χ1) is 24.0. The van der Waals surface area contributed by atoms with Gasteiger partial charge in [0.25, 0.3) is 0 Å². The smallest absolute Gasteiger partial charge is 0.237 e. The largest absolute Gasteiger partial charge is 0.398 e. The van der Waals surface area contributed by atoms with Gasteiger partial charge in [0, 0.05) is 55.6 Å². The van der Waals surface area contributed by atoms with Gasteiger partial charge in [0.15, 0.2) is 0 Å². The summed E-state index contributed by atoms with van der Waals surface area (Å²) in [5.41, 5.74) is 24.5. The molecular formula is C38H44N10O2. The number of hydrogen-bond donors (Lipinski definition) is 4. The second-order valence-corrected chi connectivity index (χ2v) is 13.3. The molecule has 3 aromatic rings. The molecule has 0 saturated carbocycles. The zero-order valence-electron chi connectivity index (χ0n) is 28.7. The van der Waals surface area contributed by atoms with Gasteiger partial charge in [-0.05, 0) is 73.7 Å². The Balaban J connectivity index is 1.07. The molecule has 2 aromatic carbocycles. The molecule has 0 aliphatic carbocycles. The van der Waals surface area contributed by atoms with E-state index in [1.54, 1.807) is 36.2 Å². The van der Waals surface area contributed by atoms with Crippen molar-refractivity contribution in [2.24, 2.45) is 21.1 Å². The number of benzene rings is 2. The number of aromatic nitrogens is 1. The van der Waals surface area contributed by atoms with Crippen molar-refractivity contribution < 1.29 is 9.59 Å². The Morgan fingerprint density at radius 2 is 1.76 bits per heavy atom. The second kappa shape index (κ2) is 14.1. The van der Waals surface area contributed by atoms with E-state index in [9.17, 15) is 9.59 Å². The first-order valence-corrected chi connectivity index (χ1v) is 16.8. The topological polar surface area (TPSA) is 183 Å². The van der Waals surface area contributed by atoms with E-state index in [1.165, 1.54) is 11.9 Å². The van der Waals surface area contributed by atoms with Crippen molar-refractivity contribution in [2.45, 2.75) is 26.2 Å². The number of amidine groups is 1. The van der Waals surface area contributed by atoms with Gasteiger partial charge in [-0.25, -0.2) is 9.98 Å². The molecule has 3 aliphatic rings. The van der Waals surface area contributed by atoms with E-state index in [-0.39, 0.29) is 24.1 Å². The molecule has 2 amide bonds. The summed E-state index contributed by atoms with van der Waals surface area (Å²) in [5.74, 6) is 0.951. The summed E-state index contributed by atoms with van der Waals surface area (Å²) in [7, 11) is 1.64. The van der Waals surface area contributed by atoms with Gasteiger partial charge in [-0.15, -0.1) is 0 Å². The minimum atomic E-state index is -0.567. The third kappa shape index (κ3) is 6.79. The van der Waals surface area contributed by atoms with Crippen LogP contribution in [-0.2, 0) is 9.59 Å². The van der Waals surface area contributed by atoms with Crippen molar-refractivity contribution in [3.8, 4) is 0 Å². The van der Waals surface area contributed by atoms with Crippen LogP contribution in [0.15, 0.2) is 77.2 Å². The summed E-state index contributed by atoms with van der Waals surface area (Å²) in [6.07, 6.45) is 5.65. The lowest BCUT2D eigenvalue weighted by Crippen LogP contribution is -2.43. The van der Waals surface area contributed by atoms with Crippen molar-refractivity contribution in [3.63, 3.8) is 0 Å². The molecule has 12 heteroatoms. The monoisotopic (exact) mass is 672 g/mol. The highest BCUT2D eigenvalue weighted by Crippen LogP contribution is 2.42. The highest BCUT2D eigenvalue weighted by molar-refractivity contribution is 6.13. The molecule has 0 radical (unpaired) electrons. The average molecular weight is 673 g/mol. The molecule has 7 N–H and O–H groups in total. The van der Waals surface area contributed by atoms with Crippen molar-refractivity contribution in [1.29, 1.82) is 5.41 Å². The fourth-order valence-electron chi connectivity index (χ4n) is 7.04. The summed E-state index contributed by atoms with van der Waals surface area (Å²) in [6.45, 7) is 9.03. The molecule has 1 spiro atoms. The van der Waals surface area contributed by atoms with E-state index in [2.05, 4.69) is 27.5 Å². The van der Waals surface area contributed by atoms with Gasteiger partial charge in [0.05, 0.1) is 23.4 Å². The predicted octanol–water partition coefficient (Wildman–Crippen LogP) is 3.80. The number of aliphatic imine (C=N–C) groups is 2. The van der Waals surface area contributed by atoms with Gasteiger partial charge >= 0.3 is 0 Å². The maximum Gasteiger partial charge on any atom is 0.237 e. The Hall–Kier alpha value is -5.62. The molecule has 0 bridgehead atoms. The first kappa shape index (κ1) is 34.3. The molecule has 258 valence electrons. The lowest BCUT2D eigenvalue weighted by molar-refractivity contribution is -0.132. The molecule has 50 heavy (non-hydrogen) atoms. The standard InChI is InChI=1S/C38H44N10O2/c1-24(2)29-20-28(8-9-30(29)39)34(41)35-31(40)10-11-32(45-35)48-19-15-38(37(48)50)14-18-46(22-38)21-33(49)47-16-12-26(13-17-47)25-4-6-27(7-5-25)36(42)44-23-43-3/h4-12,20,23,41H,1,13-19,21-22,39-40H2,2-3H3,(H2,42,43,44)/t38-/m0/s1. The number of allylic oxidation sites excluding steroid dienone is 1. The first-order valence-electron chi connectivity index (χ1n) is 16.8. The minimum Gasteiger partial charge on any atom is -0.398 e. The number of pyridine rings is 1. The van der Waals surface area contributed by atoms with Gasteiger partial charge < -0.3 is 22.1 Å². The zero-order chi connectivity index (χ0) is 35.6. The quantitative estimate of drug-likeness (QED) is 0.151. The van der Waals surface area contributed by atoms with Crippen LogP contribution in [0, 0.1) is 10.8 Å². The molecule has 4 heterocycles. The summed E-state index contributed by atoms with van der Waals surface area (Å²) in [5, 5.41) is 8.89. The van der Waals surface area contributed by atoms with Gasteiger partial charge in [-0.1, -0.05) is 43.0 Å². The number of hydrogen-bond acceptors (Lipinski definition) is 8. The van der Waals surface area contributed by atoms with E-state index in [0.29, 0.717) is 79.9 Å². The maximum atomic E-state index is 14.0. The van der Waals surface area contributed by atoms with E-state index < -0.39 is 5.41 Å². The number of carbonyl (C=O) groups is 2. The Kier molecular flexibility index (Phi) is 9.65. The number of carbonyl (C=O) groups excluding carboxylic acids is 2. The van der Waals surface area contributed by atoms with Crippen LogP contribution in [0.5, 0.6) is 0 Å². The number of nitrogens with zero attached hydrogens (tertiary/aromatic N) is 6. The van der Waals surface area contributed by atoms with Gasteiger partial charge in [-0.2, -0.15) is 0 Å². The van der Waals surface area contributed by atoms with Crippen molar-refractivity contribution in [1.82, 2.24) is 14.8 Å². The number of anilines is 3. The van der Waals surface area contributed by atoms with Crippen molar-refractivity contribution >= 4 is 58.0 Å². The number of rotatable bonds is 9. The van der Waals surface area contributed by atoms with Crippen LogP contribution in [0.1, 0.15) is 54.1 Å². The van der Waals surface area contributed by atoms with Crippen LogP contribution in [0.4, 0.5) is 17.2 Å². The van der Waals surface area contributed by atoms with E-state index in [1.807, 2.05) is 42.2 Å². The normalized spacial score (nSPS) is 19.8. The molecule has 0 unspecified atom stereocenters. The van der Waals surface area contributed by atoms with Crippen LogP contribution < -0.4 is 22.1 Å². The highest BCUT2D eigenvalue weighted by Gasteiger charge is 2.51. The molecule has 3 aliphatic heterocycles. The van der Waals surface area contributed by atoms with Gasteiger partial charge in [0.1, 0.15) is 23.7 Å².